The van der Waals surface area contributed by atoms with Gasteiger partial charge in [0.05, 0.1) is 11.5 Å². The largest absolute Gasteiger partial charge is 0.347 e. The third-order valence-electron chi connectivity index (χ3n) is 2.75. The Hall–Kier alpha value is -2.74. The molecule has 8 heteroatoms. The number of rotatable bonds is 4. The lowest BCUT2D eigenvalue weighted by Crippen LogP contribution is -2.23. The van der Waals surface area contributed by atoms with Crippen molar-refractivity contribution in [2.75, 3.05) is 5.43 Å². The highest BCUT2D eigenvalue weighted by Crippen LogP contribution is 2.24. The van der Waals surface area contributed by atoms with Crippen LogP contribution in [0.15, 0.2) is 35.4 Å². The molecule has 2 rings (SSSR count). The van der Waals surface area contributed by atoms with Crippen LogP contribution < -0.4 is 17.0 Å². The van der Waals surface area contributed by atoms with Crippen LogP contribution in [0.4, 0.5) is 11.4 Å². The van der Waals surface area contributed by atoms with Crippen molar-refractivity contribution in [3.8, 4) is 0 Å². The number of nitrogens with zero attached hydrogens (tertiary/aromatic N) is 3. The van der Waals surface area contributed by atoms with E-state index in [4.69, 9.17) is 5.84 Å². The second-order valence-electron chi connectivity index (χ2n) is 4.29. The summed E-state index contributed by atoms with van der Waals surface area (Å²) in [4.78, 5) is 25.7. The summed E-state index contributed by atoms with van der Waals surface area (Å²) in [5.41, 5.74) is 3.39. The van der Waals surface area contributed by atoms with Gasteiger partial charge in [-0.2, -0.15) is 0 Å². The van der Waals surface area contributed by atoms with Crippen LogP contribution in [0.5, 0.6) is 0 Å². The van der Waals surface area contributed by atoms with Crippen molar-refractivity contribution < 1.29 is 4.92 Å². The van der Waals surface area contributed by atoms with E-state index in [0.29, 0.717) is 5.56 Å². The second-order valence-corrected chi connectivity index (χ2v) is 4.29. The molecule has 0 radical (unpaired) electrons. The number of aromatic nitrogens is 2. The average molecular weight is 275 g/mol. The summed E-state index contributed by atoms with van der Waals surface area (Å²) in [5, 5.41) is 10.9. The maximum atomic E-state index is 11.6. The number of nitro groups is 1. The lowest BCUT2D eigenvalue weighted by molar-refractivity contribution is -0.384. The Morgan fingerprint density at radius 1 is 1.50 bits per heavy atom. The number of hydrogen-bond acceptors (Lipinski definition) is 6. The Morgan fingerprint density at radius 2 is 2.25 bits per heavy atom. The summed E-state index contributed by atoms with van der Waals surface area (Å²) < 4.78 is 1.39. The SMILES string of the molecule is Cc1cnc(=O)n(Cc2ccc(NN)c([N+](=O)[O-])c2)c1. The molecule has 8 nitrogen and oxygen atoms in total. The van der Waals surface area contributed by atoms with E-state index in [1.807, 2.05) is 6.92 Å². The fourth-order valence-corrected chi connectivity index (χ4v) is 1.82. The highest BCUT2D eigenvalue weighted by atomic mass is 16.6. The highest BCUT2D eigenvalue weighted by Gasteiger charge is 2.14. The Balaban J connectivity index is 2.39. The third kappa shape index (κ3) is 2.81. The van der Waals surface area contributed by atoms with Gasteiger partial charge in [0, 0.05) is 18.5 Å². The molecular weight excluding hydrogens is 262 g/mol. The quantitative estimate of drug-likeness (QED) is 0.484. The molecule has 0 spiro atoms. The van der Waals surface area contributed by atoms with Gasteiger partial charge in [-0.25, -0.2) is 9.78 Å². The zero-order valence-electron chi connectivity index (χ0n) is 10.7. The summed E-state index contributed by atoms with van der Waals surface area (Å²) in [6.07, 6.45) is 3.12. The number of nitrogens with two attached hydrogens (primary N) is 1. The van der Waals surface area contributed by atoms with Crippen LogP contribution in [0.3, 0.4) is 0 Å². The minimum Gasteiger partial charge on any atom is -0.318 e. The Labute approximate surface area is 114 Å². The number of hydrogen-bond donors (Lipinski definition) is 2. The van der Waals surface area contributed by atoms with Crippen LogP contribution in [-0.4, -0.2) is 14.5 Å². The zero-order valence-corrected chi connectivity index (χ0v) is 10.7. The van der Waals surface area contributed by atoms with Gasteiger partial charge in [0.15, 0.2) is 0 Å². The molecule has 1 aromatic heterocycles. The minimum absolute atomic E-state index is 0.140. The van der Waals surface area contributed by atoms with E-state index in [-0.39, 0.29) is 17.9 Å². The first-order valence-corrected chi connectivity index (χ1v) is 5.78. The number of hydrazine groups is 1. The third-order valence-corrected chi connectivity index (χ3v) is 2.75. The molecule has 0 aliphatic heterocycles. The molecule has 3 N–H and O–H groups in total. The number of nitrogen functional groups attached to an aromatic ring is 1. The lowest BCUT2D eigenvalue weighted by Gasteiger charge is -2.07. The first-order valence-electron chi connectivity index (χ1n) is 5.78. The number of nitrogens with one attached hydrogen (secondary N) is 1. The topological polar surface area (TPSA) is 116 Å². The zero-order chi connectivity index (χ0) is 14.7. The van der Waals surface area contributed by atoms with E-state index in [2.05, 4.69) is 10.4 Å². The van der Waals surface area contributed by atoms with Crippen molar-refractivity contribution in [3.63, 3.8) is 0 Å². The van der Waals surface area contributed by atoms with Crippen molar-refractivity contribution in [1.82, 2.24) is 9.55 Å². The maximum absolute atomic E-state index is 11.6. The van der Waals surface area contributed by atoms with Gasteiger partial charge < -0.3 is 5.43 Å². The average Bonchev–Trinajstić information content (AvgIpc) is 2.42. The van der Waals surface area contributed by atoms with Crippen LogP contribution in [0.1, 0.15) is 11.1 Å². The fourth-order valence-electron chi connectivity index (χ4n) is 1.82. The van der Waals surface area contributed by atoms with Gasteiger partial charge >= 0.3 is 5.69 Å². The van der Waals surface area contributed by atoms with Crippen LogP contribution in [0.2, 0.25) is 0 Å². The first kappa shape index (κ1) is 13.7. The molecular formula is C12H13N5O3. The summed E-state index contributed by atoms with van der Waals surface area (Å²) in [6.45, 7) is 2.02. The molecule has 0 amide bonds. The van der Waals surface area contributed by atoms with Gasteiger partial charge in [-0.05, 0) is 24.1 Å². The van der Waals surface area contributed by atoms with Crippen LogP contribution >= 0.6 is 0 Å². The Morgan fingerprint density at radius 3 is 2.90 bits per heavy atom. The molecule has 0 fully saturated rings. The predicted molar refractivity (Wildman–Crippen MR) is 73.2 cm³/mol. The van der Waals surface area contributed by atoms with Gasteiger partial charge in [0.1, 0.15) is 5.69 Å². The Kier molecular flexibility index (Phi) is 3.76. The molecule has 0 aliphatic rings. The number of aryl methyl sites for hydroxylation is 1. The first-order chi connectivity index (χ1) is 9.51. The summed E-state index contributed by atoms with van der Waals surface area (Å²) >= 11 is 0. The van der Waals surface area contributed by atoms with Crippen molar-refractivity contribution >= 4 is 11.4 Å². The smallest absolute Gasteiger partial charge is 0.318 e. The number of nitro benzene ring substituents is 1. The molecule has 0 aliphatic carbocycles. The second kappa shape index (κ2) is 5.49. The van der Waals surface area contributed by atoms with E-state index in [9.17, 15) is 14.9 Å². The minimum atomic E-state index is -0.532. The summed E-state index contributed by atoms with van der Waals surface area (Å²) in [7, 11) is 0. The van der Waals surface area contributed by atoms with Gasteiger partial charge in [0.2, 0.25) is 0 Å². The molecule has 20 heavy (non-hydrogen) atoms. The number of benzene rings is 1. The normalized spacial score (nSPS) is 10.3. The van der Waals surface area contributed by atoms with Crippen molar-refractivity contribution in [1.29, 1.82) is 0 Å². The summed E-state index contributed by atoms with van der Waals surface area (Å²) in [6, 6.07) is 4.54. The molecule has 0 unspecified atom stereocenters. The predicted octanol–water partition coefficient (Wildman–Crippen LogP) is 0.794. The highest BCUT2D eigenvalue weighted by molar-refractivity contribution is 5.61. The van der Waals surface area contributed by atoms with Crippen molar-refractivity contribution in [3.05, 3.63) is 62.3 Å². The van der Waals surface area contributed by atoms with E-state index in [0.717, 1.165) is 5.56 Å². The molecule has 0 bridgehead atoms. The van der Waals surface area contributed by atoms with Crippen molar-refractivity contribution in [2.24, 2.45) is 5.84 Å². The molecule has 1 heterocycles. The monoisotopic (exact) mass is 275 g/mol. The lowest BCUT2D eigenvalue weighted by atomic mass is 10.1. The van der Waals surface area contributed by atoms with E-state index < -0.39 is 10.6 Å². The van der Waals surface area contributed by atoms with E-state index >= 15 is 0 Å². The standard InChI is InChI=1S/C12H13N5O3/c1-8-5-14-12(18)16(6-8)7-9-2-3-10(15-13)11(4-9)17(19)20/h2-6,15H,7,13H2,1H3. The Bertz CT molecular complexity index is 710. The molecule has 2 aromatic rings. The maximum Gasteiger partial charge on any atom is 0.347 e. The number of anilines is 1. The van der Waals surface area contributed by atoms with E-state index in [1.165, 1.54) is 22.9 Å². The van der Waals surface area contributed by atoms with Gasteiger partial charge in [0.25, 0.3) is 5.69 Å². The fraction of sp³-hybridized carbons (Fsp3) is 0.167. The van der Waals surface area contributed by atoms with Crippen molar-refractivity contribution in [2.45, 2.75) is 13.5 Å². The molecule has 0 atom stereocenters. The molecule has 0 saturated heterocycles. The van der Waals surface area contributed by atoms with Gasteiger partial charge in [-0.3, -0.25) is 20.5 Å². The van der Waals surface area contributed by atoms with E-state index in [1.54, 1.807) is 12.3 Å². The summed E-state index contributed by atoms with van der Waals surface area (Å²) in [5.74, 6) is 5.22. The van der Waals surface area contributed by atoms with Crippen LogP contribution in [0, 0.1) is 17.0 Å². The molecule has 0 saturated carbocycles. The van der Waals surface area contributed by atoms with Crippen LogP contribution in [0.25, 0.3) is 0 Å². The molecule has 1 aromatic carbocycles. The van der Waals surface area contributed by atoms with Crippen LogP contribution in [-0.2, 0) is 6.54 Å². The van der Waals surface area contributed by atoms with Gasteiger partial charge in [-0.1, -0.05) is 6.07 Å². The molecule has 104 valence electrons. The van der Waals surface area contributed by atoms with Gasteiger partial charge in [-0.15, -0.1) is 0 Å².